The fourth-order valence-corrected chi connectivity index (χ4v) is 2.12. The fourth-order valence-electron chi connectivity index (χ4n) is 2.12. The lowest BCUT2D eigenvalue weighted by molar-refractivity contribution is 0.0660. The van der Waals surface area contributed by atoms with E-state index in [1.807, 2.05) is 24.3 Å². The number of hydrogen-bond donors (Lipinski definition) is 0. The summed E-state index contributed by atoms with van der Waals surface area (Å²) in [7, 11) is 0. The summed E-state index contributed by atoms with van der Waals surface area (Å²) in [5, 5.41) is 0.949. The first-order valence-corrected chi connectivity index (χ1v) is 6.80. The number of carbonyl (C=O) groups is 1. The van der Waals surface area contributed by atoms with Crippen LogP contribution in [0.2, 0.25) is 0 Å². The standard InChI is InChI=1S/C16H20O3/c1-3-6-12(2)10-18-11-14(17)16-9-13-7-4-5-8-15(13)19-16/h4-5,7-9,12H,3,6,10-11H2,1-2H3. The second kappa shape index (κ2) is 6.53. The predicted molar refractivity (Wildman–Crippen MR) is 75.4 cm³/mol. The monoisotopic (exact) mass is 260 g/mol. The van der Waals surface area contributed by atoms with Gasteiger partial charge in [0.15, 0.2) is 5.76 Å². The maximum atomic E-state index is 11.9. The molecule has 0 saturated heterocycles. The van der Waals surface area contributed by atoms with Crippen LogP contribution in [0.15, 0.2) is 34.7 Å². The first-order chi connectivity index (χ1) is 9.20. The molecule has 1 aromatic heterocycles. The summed E-state index contributed by atoms with van der Waals surface area (Å²) in [5.41, 5.74) is 0.741. The molecule has 0 radical (unpaired) electrons. The van der Waals surface area contributed by atoms with Crippen molar-refractivity contribution in [3.63, 3.8) is 0 Å². The number of para-hydroxylation sites is 1. The zero-order chi connectivity index (χ0) is 13.7. The van der Waals surface area contributed by atoms with Crippen molar-refractivity contribution in [2.45, 2.75) is 26.7 Å². The minimum absolute atomic E-state index is 0.0911. The number of fused-ring (bicyclic) bond motifs is 1. The van der Waals surface area contributed by atoms with E-state index in [-0.39, 0.29) is 12.4 Å². The molecule has 1 heterocycles. The summed E-state index contributed by atoms with van der Waals surface area (Å²) in [6, 6.07) is 9.38. The lowest BCUT2D eigenvalue weighted by Crippen LogP contribution is -2.13. The number of ketones is 1. The van der Waals surface area contributed by atoms with Crippen LogP contribution in [0.3, 0.4) is 0 Å². The summed E-state index contributed by atoms with van der Waals surface area (Å²) in [6.07, 6.45) is 2.26. The molecular weight excluding hydrogens is 240 g/mol. The van der Waals surface area contributed by atoms with Crippen LogP contribution in [-0.4, -0.2) is 19.0 Å². The Kier molecular flexibility index (Phi) is 4.74. The lowest BCUT2D eigenvalue weighted by atomic mass is 10.1. The third-order valence-corrected chi connectivity index (χ3v) is 3.12. The molecule has 3 nitrogen and oxygen atoms in total. The molecule has 0 aliphatic heterocycles. The van der Waals surface area contributed by atoms with E-state index in [9.17, 15) is 4.79 Å². The van der Waals surface area contributed by atoms with Crippen molar-refractivity contribution in [2.75, 3.05) is 13.2 Å². The van der Waals surface area contributed by atoms with Gasteiger partial charge in [-0.05, 0) is 24.5 Å². The maximum absolute atomic E-state index is 11.9. The van der Waals surface area contributed by atoms with Gasteiger partial charge in [0, 0.05) is 12.0 Å². The molecule has 0 N–H and O–H groups in total. The van der Waals surface area contributed by atoms with Gasteiger partial charge in [0.1, 0.15) is 12.2 Å². The number of rotatable bonds is 7. The van der Waals surface area contributed by atoms with Crippen molar-refractivity contribution in [1.82, 2.24) is 0 Å². The normalized spacial score (nSPS) is 12.7. The Morgan fingerprint density at radius 3 is 2.89 bits per heavy atom. The molecule has 1 aromatic carbocycles. The summed E-state index contributed by atoms with van der Waals surface area (Å²) in [5.74, 6) is 0.776. The number of furan rings is 1. The van der Waals surface area contributed by atoms with E-state index >= 15 is 0 Å². The molecular formula is C16H20O3. The molecule has 1 unspecified atom stereocenters. The highest BCUT2D eigenvalue weighted by Crippen LogP contribution is 2.19. The molecule has 0 bridgehead atoms. The highest BCUT2D eigenvalue weighted by atomic mass is 16.5. The van der Waals surface area contributed by atoms with Crippen LogP contribution in [0, 0.1) is 5.92 Å². The Bertz CT molecular complexity index is 509. The van der Waals surface area contributed by atoms with Crippen molar-refractivity contribution >= 4 is 16.8 Å². The van der Waals surface area contributed by atoms with Crippen LogP contribution in [0.1, 0.15) is 37.2 Å². The minimum atomic E-state index is -0.0973. The van der Waals surface area contributed by atoms with Gasteiger partial charge in [-0.3, -0.25) is 4.79 Å². The SMILES string of the molecule is CCCC(C)COCC(=O)c1cc2ccccc2o1. The van der Waals surface area contributed by atoms with E-state index in [1.165, 1.54) is 0 Å². The third kappa shape index (κ3) is 3.67. The van der Waals surface area contributed by atoms with Crippen LogP contribution in [0.4, 0.5) is 0 Å². The molecule has 0 amide bonds. The number of ether oxygens (including phenoxy) is 1. The molecule has 3 heteroatoms. The van der Waals surface area contributed by atoms with E-state index in [0.717, 1.165) is 23.8 Å². The second-order valence-electron chi connectivity index (χ2n) is 4.98. The Morgan fingerprint density at radius 1 is 1.37 bits per heavy atom. The average molecular weight is 260 g/mol. The van der Waals surface area contributed by atoms with Gasteiger partial charge >= 0.3 is 0 Å². The van der Waals surface area contributed by atoms with E-state index in [2.05, 4.69) is 13.8 Å². The largest absolute Gasteiger partial charge is 0.453 e. The number of benzene rings is 1. The van der Waals surface area contributed by atoms with E-state index < -0.39 is 0 Å². The predicted octanol–water partition coefficient (Wildman–Crippen LogP) is 4.07. The van der Waals surface area contributed by atoms with E-state index in [0.29, 0.717) is 18.3 Å². The lowest BCUT2D eigenvalue weighted by Gasteiger charge is -2.09. The molecule has 2 rings (SSSR count). The van der Waals surface area contributed by atoms with E-state index in [4.69, 9.17) is 9.15 Å². The van der Waals surface area contributed by atoms with Crippen molar-refractivity contribution in [3.05, 3.63) is 36.1 Å². The van der Waals surface area contributed by atoms with Gasteiger partial charge in [-0.25, -0.2) is 0 Å². The second-order valence-corrected chi connectivity index (χ2v) is 4.98. The molecule has 102 valence electrons. The van der Waals surface area contributed by atoms with Gasteiger partial charge in [0.2, 0.25) is 5.78 Å². The Balaban J connectivity index is 1.89. The van der Waals surface area contributed by atoms with Crippen LogP contribution >= 0.6 is 0 Å². The molecule has 0 saturated carbocycles. The van der Waals surface area contributed by atoms with Crippen LogP contribution in [0.25, 0.3) is 11.0 Å². The highest BCUT2D eigenvalue weighted by Gasteiger charge is 2.12. The molecule has 0 fully saturated rings. The highest BCUT2D eigenvalue weighted by molar-refractivity contribution is 5.98. The van der Waals surface area contributed by atoms with Gasteiger partial charge in [-0.1, -0.05) is 38.5 Å². The summed E-state index contributed by atoms with van der Waals surface area (Å²) in [6.45, 7) is 5.00. The summed E-state index contributed by atoms with van der Waals surface area (Å²) in [4.78, 5) is 11.9. The van der Waals surface area contributed by atoms with Crippen molar-refractivity contribution in [2.24, 2.45) is 5.92 Å². The van der Waals surface area contributed by atoms with Crippen molar-refractivity contribution < 1.29 is 13.9 Å². The maximum Gasteiger partial charge on any atom is 0.223 e. The van der Waals surface area contributed by atoms with Gasteiger partial charge in [0.05, 0.1) is 0 Å². The van der Waals surface area contributed by atoms with Crippen LogP contribution in [0.5, 0.6) is 0 Å². The average Bonchev–Trinajstić information content (AvgIpc) is 2.82. The van der Waals surface area contributed by atoms with E-state index in [1.54, 1.807) is 6.07 Å². The van der Waals surface area contributed by atoms with Crippen LogP contribution in [-0.2, 0) is 4.74 Å². The topological polar surface area (TPSA) is 39.4 Å². The first kappa shape index (κ1) is 13.8. The zero-order valence-corrected chi connectivity index (χ0v) is 11.5. The molecule has 0 spiro atoms. The Morgan fingerprint density at radius 2 is 2.16 bits per heavy atom. The van der Waals surface area contributed by atoms with Crippen molar-refractivity contribution in [3.8, 4) is 0 Å². The summed E-state index contributed by atoms with van der Waals surface area (Å²) < 4.78 is 11.0. The smallest absolute Gasteiger partial charge is 0.223 e. The van der Waals surface area contributed by atoms with Gasteiger partial charge in [-0.2, -0.15) is 0 Å². The number of Topliss-reactive ketones (excluding diaryl/α,β-unsaturated/α-hetero) is 1. The zero-order valence-electron chi connectivity index (χ0n) is 11.5. The van der Waals surface area contributed by atoms with Crippen LogP contribution < -0.4 is 0 Å². The molecule has 0 aliphatic carbocycles. The quantitative estimate of drug-likeness (QED) is 0.704. The Hall–Kier alpha value is -1.61. The first-order valence-electron chi connectivity index (χ1n) is 6.80. The van der Waals surface area contributed by atoms with Crippen molar-refractivity contribution in [1.29, 1.82) is 0 Å². The summed E-state index contributed by atoms with van der Waals surface area (Å²) >= 11 is 0. The van der Waals surface area contributed by atoms with Gasteiger partial charge in [-0.15, -0.1) is 0 Å². The minimum Gasteiger partial charge on any atom is -0.453 e. The fraction of sp³-hybridized carbons (Fsp3) is 0.438. The Labute approximate surface area is 113 Å². The molecule has 19 heavy (non-hydrogen) atoms. The number of carbonyl (C=O) groups excluding carboxylic acids is 1. The van der Waals surface area contributed by atoms with Gasteiger partial charge in [0.25, 0.3) is 0 Å². The molecule has 0 aliphatic rings. The molecule has 2 aromatic rings. The van der Waals surface area contributed by atoms with Gasteiger partial charge < -0.3 is 9.15 Å². The molecule has 1 atom stereocenters. The third-order valence-electron chi connectivity index (χ3n) is 3.12. The number of hydrogen-bond acceptors (Lipinski definition) is 3.